The average Bonchev–Trinajstić information content (AvgIpc) is 3.17. The zero-order valence-corrected chi connectivity index (χ0v) is 17.7. The number of hydrogen-bond donors (Lipinski definition) is 1. The zero-order valence-electron chi connectivity index (χ0n) is 16.1. The van der Waals surface area contributed by atoms with Gasteiger partial charge in [-0.05, 0) is 35.4 Å². The molecule has 0 spiro atoms. The van der Waals surface area contributed by atoms with E-state index in [1.807, 2.05) is 60.7 Å². The van der Waals surface area contributed by atoms with Crippen LogP contribution in [0.15, 0.2) is 83.3 Å². The van der Waals surface area contributed by atoms with Gasteiger partial charge in [-0.15, -0.1) is 0 Å². The summed E-state index contributed by atoms with van der Waals surface area (Å²) in [4.78, 5) is 27.6. The molecule has 0 fully saturated rings. The highest BCUT2D eigenvalue weighted by Crippen LogP contribution is 2.34. The standard InChI is InChI=1S/C23H20BrN3O3/c24-18-10-6-11-19(14-18)27(25)22(28)21-13-17-9-4-5-12-20(17)26(21)23(29)30-15-16-7-2-1-3-8-16/h1-12,14,21H,13,15,25H2. The predicted molar refractivity (Wildman–Crippen MR) is 119 cm³/mol. The topological polar surface area (TPSA) is 75.9 Å². The highest BCUT2D eigenvalue weighted by molar-refractivity contribution is 9.10. The summed E-state index contributed by atoms with van der Waals surface area (Å²) in [7, 11) is 0. The van der Waals surface area contributed by atoms with Crippen LogP contribution in [-0.2, 0) is 22.6 Å². The second-order valence-corrected chi connectivity index (χ2v) is 7.86. The summed E-state index contributed by atoms with van der Waals surface area (Å²) >= 11 is 3.39. The lowest BCUT2D eigenvalue weighted by Crippen LogP contribution is -2.52. The highest BCUT2D eigenvalue weighted by Gasteiger charge is 2.41. The van der Waals surface area contributed by atoms with Crippen molar-refractivity contribution in [3.63, 3.8) is 0 Å². The molecule has 1 aliphatic rings. The van der Waals surface area contributed by atoms with Gasteiger partial charge in [0.1, 0.15) is 12.6 Å². The molecule has 0 aromatic heterocycles. The Bertz CT molecular complexity index is 1070. The normalized spacial score (nSPS) is 14.9. The van der Waals surface area contributed by atoms with E-state index in [0.29, 0.717) is 17.8 Å². The fourth-order valence-corrected chi connectivity index (χ4v) is 3.90. The molecule has 0 bridgehead atoms. The molecule has 7 heteroatoms. The van der Waals surface area contributed by atoms with Gasteiger partial charge in [-0.1, -0.05) is 70.5 Å². The number of benzene rings is 3. The third-order valence-electron chi connectivity index (χ3n) is 4.99. The Morgan fingerprint density at radius 3 is 2.53 bits per heavy atom. The number of anilines is 2. The number of carbonyl (C=O) groups excluding carboxylic acids is 2. The number of amides is 2. The molecule has 2 amide bonds. The number of para-hydroxylation sites is 1. The first-order valence-corrected chi connectivity index (χ1v) is 10.3. The minimum absolute atomic E-state index is 0.122. The van der Waals surface area contributed by atoms with Crippen molar-refractivity contribution in [2.24, 2.45) is 5.84 Å². The monoisotopic (exact) mass is 465 g/mol. The Morgan fingerprint density at radius 2 is 1.77 bits per heavy atom. The lowest BCUT2D eigenvalue weighted by atomic mass is 10.1. The van der Waals surface area contributed by atoms with Crippen LogP contribution in [0.5, 0.6) is 0 Å². The first-order valence-electron chi connectivity index (χ1n) is 9.46. The van der Waals surface area contributed by atoms with Crippen LogP contribution in [0.3, 0.4) is 0 Å². The highest BCUT2D eigenvalue weighted by atomic mass is 79.9. The van der Waals surface area contributed by atoms with E-state index in [1.54, 1.807) is 18.2 Å². The molecule has 6 nitrogen and oxygen atoms in total. The fraction of sp³-hybridized carbons (Fsp3) is 0.130. The van der Waals surface area contributed by atoms with Gasteiger partial charge in [-0.2, -0.15) is 0 Å². The smallest absolute Gasteiger partial charge is 0.415 e. The molecule has 4 rings (SSSR count). The van der Waals surface area contributed by atoms with Gasteiger partial charge in [-0.3, -0.25) is 9.69 Å². The molecule has 0 aliphatic carbocycles. The Morgan fingerprint density at radius 1 is 1.03 bits per heavy atom. The fourth-order valence-electron chi connectivity index (χ4n) is 3.51. The van der Waals surface area contributed by atoms with Gasteiger partial charge in [0, 0.05) is 10.9 Å². The lowest BCUT2D eigenvalue weighted by Gasteiger charge is -2.27. The van der Waals surface area contributed by atoms with Crippen LogP contribution in [-0.4, -0.2) is 18.0 Å². The minimum Gasteiger partial charge on any atom is -0.444 e. The van der Waals surface area contributed by atoms with Crippen molar-refractivity contribution >= 4 is 39.3 Å². The molecule has 1 unspecified atom stereocenters. The van der Waals surface area contributed by atoms with E-state index in [2.05, 4.69) is 15.9 Å². The van der Waals surface area contributed by atoms with Crippen LogP contribution in [0.1, 0.15) is 11.1 Å². The van der Waals surface area contributed by atoms with Gasteiger partial charge in [0.05, 0.1) is 11.4 Å². The third kappa shape index (κ3) is 4.08. The largest absolute Gasteiger partial charge is 0.444 e. The number of rotatable bonds is 4. The van der Waals surface area contributed by atoms with Crippen LogP contribution in [0.2, 0.25) is 0 Å². The number of nitrogens with two attached hydrogens (primary N) is 1. The molecule has 152 valence electrons. The average molecular weight is 466 g/mol. The molecule has 1 heterocycles. The zero-order chi connectivity index (χ0) is 21.1. The Labute approximate surface area is 182 Å². The van der Waals surface area contributed by atoms with Crippen molar-refractivity contribution in [2.45, 2.75) is 19.1 Å². The summed E-state index contributed by atoms with van der Waals surface area (Å²) in [6, 6.07) is 23.2. The van der Waals surface area contributed by atoms with Crippen LogP contribution in [0, 0.1) is 0 Å². The Hall–Kier alpha value is -3.16. The maximum Gasteiger partial charge on any atom is 0.415 e. The van der Waals surface area contributed by atoms with Crippen molar-refractivity contribution in [1.82, 2.24) is 0 Å². The van der Waals surface area contributed by atoms with Crippen molar-refractivity contribution in [2.75, 3.05) is 9.91 Å². The van der Waals surface area contributed by atoms with Crippen molar-refractivity contribution in [3.8, 4) is 0 Å². The number of carbonyl (C=O) groups is 2. The molecule has 0 radical (unpaired) electrons. The van der Waals surface area contributed by atoms with Gasteiger partial charge in [0.15, 0.2) is 0 Å². The second kappa shape index (κ2) is 8.69. The predicted octanol–water partition coefficient (Wildman–Crippen LogP) is 4.42. The maximum absolute atomic E-state index is 13.3. The molecular weight excluding hydrogens is 446 g/mol. The molecule has 2 N–H and O–H groups in total. The summed E-state index contributed by atoms with van der Waals surface area (Å²) in [6.07, 6.45) is -0.207. The first kappa shape index (κ1) is 20.1. The molecule has 0 saturated heterocycles. The number of halogens is 1. The van der Waals surface area contributed by atoms with E-state index in [-0.39, 0.29) is 12.5 Å². The van der Waals surface area contributed by atoms with E-state index >= 15 is 0 Å². The molecule has 30 heavy (non-hydrogen) atoms. The van der Waals surface area contributed by atoms with Gasteiger partial charge in [0.25, 0.3) is 5.91 Å². The Kier molecular flexibility index (Phi) is 5.83. The van der Waals surface area contributed by atoms with Gasteiger partial charge in [-0.25, -0.2) is 15.6 Å². The van der Waals surface area contributed by atoms with Crippen molar-refractivity contribution in [3.05, 3.63) is 94.5 Å². The molecule has 1 atom stereocenters. The van der Waals surface area contributed by atoms with E-state index < -0.39 is 12.1 Å². The van der Waals surface area contributed by atoms with E-state index in [1.165, 1.54) is 4.90 Å². The summed E-state index contributed by atoms with van der Waals surface area (Å²) in [5.41, 5.74) is 2.96. The van der Waals surface area contributed by atoms with Gasteiger partial charge >= 0.3 is 6.09 Å². The molecule has 3 aromatic rings. The van der Waals surface area contributed by atoms with E-state index in [4.69, 9.17) is 10.6 Å². The SMILES string of the molecule is NN(C(=O)C1Cc2ccccc2N1C(=O)OCc1ccccc1)c1cccc(Br)c1. The van der Waals surface area contributed by atoms with Gasteiger partial charge in [0.2, 0.25) is 0 Å². The quantitative estimate of drug-likeness (QED) is 0.351. The summed E-state index contributed by atoms with van der Waals surface area (Å²) in [6.45, 7) is 0.122. The van der Waals surface area contributed by atoms with Crippen LogP contribution in [0.25, 0.3) is 0 Å². The molecule has 0 saturated carbocycles. The molecule has 1 aliphatic heterocycles. The summed E-state index contributed by atoms with van der Waals surface area (Å²) < 4.78 is 6.32. The number of hydrogen-bond acceptors (Lipinski definition) is 4. The minimum atomic E-state index is -0.783. The third-order valence-corrected chi connectivity index (χ3v) is 5.48. The van der Waals surface area contributed by atoms with Crippen molar-refractivity contribution in [1.29, 1.82) is 0 Å². The first-order chi connectivity index (χ1) is 14.5. The van der Waals surface area contributed by atoms with E-state index in [0.717, 1.165) is 20.6 Å². The Balaban J connectivity index is 1.58. The molecule has 3 aromatic carbocycles. The summed E-state index contributed by atoms with van der Waals surface area (Å²) in [5, 5.41) is 1.08. The maximum atomic E-state index is 13.3. The number of hydrazine groups is 1. The van der Waals surface area contributed by atoms with Crippen LogP contribution in [0.4, 0.5) is 16.2 Å². The van der Waals surface area contributed by atoms with Crippen LogP contribution >= 0.6 is 15.9 Å². The van der Waals surface area contributed by atoms with E-state index in [9.17, 15) is 9.59 Å². The summed E-state index contributed by atoms with van der Waals surface area (Å²) in [5.74, 6) is 5.75. The number of nitrogens with zero attached hydrogens (tertiary/aromatic N) is 2. The second-order valence-electron chi connectivity index (χ2n) is 6.95. The lowest BCUT2D eigenvalue weighted by molar-refractivity contribution is -0.119. The van der Waals surface area contributed by atoms with Gasteiger partial charge < -0.3 is 4.74 Å². The number of fused-ring (bicyclic) bond motifs is 1. The number of ether oxygens (including phenoxy) is 1. The van der Waals surface area contributed by atoms with Crippen molar-refractivity contribution < 1.29 is 14.3 Å². The van der Waals surface area contributed by atoms with Crippen LogP contribution < -0.4 is 15.8 Å². The molecular formula is C23H20BrN3O3.